The van der Waals surface area contributed by atoms with E-state index in [0.717, 1.165) is 17.2 Å². The molecule has 9 nitrogen and oxygen atoms in total. The molecule has 0 radical (unpaired) electrons. The third-order valence-electron chi connectivity index (χ3n) is 9.21. The van der Waals surface area contributed by atoms with Gasteiger partial charge >= 0.3 is 5.97 Å². The Morgan fingerprint density at radius 3 is 2.52 bits per heavy atom. The molecular formula is C36H58O9Si. The van der Waals surface area contributed by atoms with Crippen molar-refractivity contribution in [1.82, 2.24) is 0 Å². The highest BCUT2D eigenvalue weighted by atomic mass is 28.3. The quantitative estimate of drug-likeness (QED) is 0.0476. The summed E-state index contributed by atoms with van der Waals surface area (Å²) in [6, 6.07) is 11.2. The van der Waals surface area contributed by atoms with Crippen LogP contribution >= 0.6 is 0 Å². The number of esters is 1. The van der Waals surface area contributed by atoms with Crippen LogP contribution in [0.25, 0.3) is 0 Å². The SMILES string of the molecule is C=C[C@H]1C/C(=C\C(=O)OC)C[C@@H](C[C@]2(OC)O[C@H](C[C@H](CCO)OCOCC[Si](C)(C)C)C[C@H](OCc3ccccc3)C2(C)C)O1. The molecule has 0 aromatic heterocycles. The van der Waals surface area contributed by atoms with Gasteiger partial charge in [-0.25, -0.2) is 4.79 Å². The number of hydrogen-bond donors (Lipinski definition) is 1. The zero-order valence-corrected chi connectivity index (χ0v) is 30.1. The smallest absolute Gasteiger partial charge is 0.330 e. The van der Waals surface area contributed by atoms with E-state index in [4.69, 9.17) is 33.2 Å². The van der Waals surface area contributed by atoms with Gasteiger partial charge in [-0.2, -0.15) is 0 Å². The van der Waals surface area contributed by atoms with Crippen LogP contribution in [0.15, 0.2) is 54.6 Å². The van der Waals surface area contributed by atoms with Crippen molar-refractivity contribution < 1.29 is 43.1 Å². The average Bonchev–Trinajstić information content (AvgIpc) is 3.01. The monoisotopic (exact) mass is 662 g/mol. The molecule has 2 fully saturated rings. The Labute approximate surface area is 277 Å². The maximum Gasteiger partial charge on any atom is 0.330 e. The number of aliphatic hydroxyl groups excluding tert-OH is 1. The summed E-state index contributed by atoms with van der Waals surface area (Å²) in [7, 11) is 1.84. The number of benzene rings is 1. The Balaban J connectivity index is 1.84. The summed E-state index contributed by atoms with van der Waals surface area (Å²) in [6.07, 6.45) is 5.14. The van der Waals surface area contributed by atoms with Crippen LogP contribution in [0.1, 0.15) is 57.9 Å². The highest BCUT2D eigenvalue weighted by Gasteiger charge is 2.58. The van der Waals surface area contributed by atoms with E-state index in [-0.39, 0.29) is 49.9 Å². The molecular weight excluding hydrogens is 604 g/mol. The van der Waals surface area contributed by atoms with Gasteiger partial charge in [-0.05, 0) is 30.9 Å². The number of aliphatic hydroxyl groups is 1. The second kappa shape index (κ2) is 18.0. The Bertz CT molecular complexity index is 1100. The summed E-state index contributed by atoms with van der Waals surface area (Å²) < 4.78 is 43.3. The Kier molecular flexibility index (Phi) is 15.1. The third kappa shape index (κ3) is 11.4. The van der Waals surface area contributed by atoms with E-state index in [0.29, 0.717) is 51.7 Å². The molecule has 0 aliphatic carbocycles. The maximum absolute atomic E-state index is 12.1. The van der Waals surface area contributed by atoms with Gasteiger partial charge in [0.05, 0.1) is 44.2 Å². The van der Waals surface area contributed by atoms with E-state index in [1.165, 1.54) is 7.11 Å². The molecule has 0 spiro atoms. The first-order valence-electron chi connectivity index (χ1n) is 16.6. The van der Waals surface area contributed by atoms with E-state index in [9.17, 15) is 9.90 Å². The zero-order chi connectivity index (χ0) is 33.8. The van der Waals surface area contributed by atoms with Crippen LogP contribution in [-0.2, 0) is 44.6 Å². The van der Waals surface area contributed by atoms with Gasteiger partial charge < -0.3 is 38.3 Å². The first-order chi connectivity index (χ1) is 21.8. The van der Waals surface area contributed by atoms with Crippen molar-refractivity contribution in [3.05, 3.63) is 60.2 Å². The molecule has 2 aliphatic rings. The maximum atomic E-state index is 12.1. The second-order valence-electron chi connectivity index (χ2n) is 14.3. The van der Waals surface area contributed by atoms with Crippen LogP contribution < -0.4 is 0 Å². The van der Waals surface area contributed by atoms with E-state index >= 15 is 0 Å². The predicted molar refractivity (Wildman–Crippen MR) is 181 cm³/mol. The van der Waals surface area contributed by atoms with Gasteiger partial charge in [0.25, 0.3) is 0 Å². The number of carbonyl (C=O) groups is 1. The molecule has 2 saturated heterocycles. The van der Waals surface area contributed by atoms with E-state index < -0.39 is 19.3 Å². The third-order valence-corrected chi connectivity index (χ3v) is 10.9. The lowest BCUT2D eigenvalue weighted by Gasteiger charge is -2.56. The highest BCUT2D eigenvalue weighted by molar-refractivity contribution is 6.76. The van der Waals surface area contributed by atoms with E-state index in [1.54, 1.807) is 19.3 Å². The second-order valence-corrected chi connectivity index (χ2v) is 19.9. The minimum absolute atomic E-state index is 0.00466. The van der Waals surface area contributed by atoms with Crippen LogP contribution in [-0.4, -0.2) is 89.7 Å². The van der Waals surface area contributed by atoms with Gasteiger partial charge in [-0.3, -0.25) is 0 Å². The number of carbonyl (C=O) groups excluding carboxylic acids is 1. The lowest BCUT2D eigenvalue weighted by atomic mass is 9.70. The Morgan fingerprint density at radius 2 is 1.89 bits per heavy atom. The molecule has 46 heavy (non-hydrogen) atoms. The Morgan fingerprint density at radius 1 is 1.15 bits per heavy atom. The summed E-state index contributed by atoms with van der Waals surface area (Å²) >= 11 is 0. The average molecular weight is 663 g/mol. The topological polar surface area (TPSA) is 102 Å². The molecule has 0 saturated carbocycles. The van der Waals surface area contributed by atoms with Gasteiger partial charge in [0.15, 0.2) is 5.79 Å². The first kappa shape index (κ1) is 38.6. The number of hydrogen-bond acceptors (Lipinski definition) is 9. The van der Waals surface area contributed by atoms with Crippen molar-refractivity contribution in [1.29, 1.82) is 0 Å². The van der Waals surface area contributed by atoms with Crippen LogP contribution in [0.5, 0.6) is 0 Å². The van der Waals surface area contributed by atoms with Gasteiger partial charge in [0.2, 0.25) is 0 Å². The molecule has 1 N–H and O–H groups in total. The summed E-state index contributed by atoms with van der Waals surface area (Å²) in [4.78, 5) is 12.1. The fourth-order valence-corrected chi connectivity index (χ4v) is 7.07. The number of rotatable bonds is 18. The summed E-state index contributed by atoms with van der Waals surface area (Å²) in [6.45, 7) is 16.4. The van der Waals surface area contributed by atoms with Gasteiger partial charge in [-0.1, -0.05) is 75.5 Å². The minimum Gasteiger partial charge on any atom is -0.466 e. The van der Waals surface area contributed by atoms with Crippen molar-refractivity contribution in [3.63, 3.8) is 0 Å². The summed E-state index contributed by atoms with van der Waals surface area (Å²) in [5.41, 5.74) is 1.44. The van der Waals surface area contributed by atoms with Crippen molar-refractivity contribution >= 4 is 14.0 Å². The van der Waals surface area contributed by atoms with E-state index in [1.807, 2.05) is 18.2 Å². The highest BCUT2D eigenvalue weighted by Crippen LogP contribution is 2.51. The fourth-order valence-electron chi connectivity index (χ4n) is 6.31. The molecule has 2 heterocycles. The van der Waals surface area contributed by atoms with Crippen LogP contribution in [0, 0.1) is 5.41 Å². The molecule has 6 atom stereocenters. The Hall–Kier alpha value is -1.89. The first-order valence-corrected chi connectivity index (χ1v) is 20.3. The summed E-state index contributed by atoms with van der Waals surface area (Å²) in [5, 5.41) is 9.87. The van der Waals surface area contributed by atoms with Crippen LogP contribution in [0.4, 0.5) is 0 Å². The van der Waals surface area contributed by atoms with Crippen molar-refractivity contribution in [2.75, 3.05) is 34.2 Å². The molecule has 0 bridgehead atoms. The molecule has 0 amide bonds. The standard InChI is InChI=1S/C36H58O9Si/c1-9-29-19-28(21-34(38)39-4)20-32(44-29)24-36(40-5)35(2,3)33(42-25-27-13-11-10-12-14-27)23-31(45-36)22-30(15-16-37)43-26-41-17-18-46(6,7)8/h9-14,21,29-33,37H,1,15-20,22-26H2,2-8H3/b28-21+/t29-,30-,31+,32-,33-,36-/m0/s1. The lowest BCUT2D eigenvalue weighted by molar-refractivity contribution is -0.363. The zero-order valence-electron chi connectivity index (χ0n) is 29.1. The molecule has 1 aromatic rings. The predicted octanol–water partition coefficient (Wildman–Crippen LogP) is 6.42. The minimum atomic E-state index is -1.21. The number of ether oxygens (including phenoxy) is 7. The molecule has 0 unspecified atom stereocenters. The van der Waals surface area contributed by atoms with E-state index in [2.05, 4.69) is 52.2 Å². The molecule has 1 aromatic carbocycles. The largest absolute Gasteiger partial charge is 0.466 e. The van der Waals surface area contributed by atoms with Gasteiger partial charge in [0, 0.05) is 59.2 Å². The molecule has 3 rings (SSSR count). The van der Waals surface area contributed by atoms with Crippen molar-refractivity contribution in [2.24, 2.45) is 5.41 Å². The molecule has 2 aliphatic heterocycles. The normalized spacial score (nSPS) is 28.1. The molecule has 10 heteroatoms. The van der Waals surface area contributed by atoms with Crippen LogP contribution in [0.2, 0.25) is 25.7 Å². The van der Waals surface area contributed by atoms with Crippen molar-refractivity contribution in [2.45, 2.75) is 121 Å². The van der Waals surface area contributed by atoms with Gasteiger partial charge in [0.1, 0.15) is 6.79 Å². The fraction of sp³-hybridized carbons (Fsp3) is 0.694. The van der Waals surface area contributed by atoms with Crippen molar-refractivity contribution in [3.8, 4) is 0 Å². The lowest BCUT2D eigenvalue weighted by Crippen LogP contribution is -2.63. The van der Waals surface area contributed by atoms with Gasteiger partial charge in [-0.15, -0.1) is 6.58 Å². The van der Waals surface area contributed by atoms with Crippen LogP contribution in [0.3, 0.4) is 0 Å². The summed E-state index contributed by atoms with van der Waals surface area (Å²) in [5.74, 6) is -1.47. The number of methoxy groups -OCH3 is 2. The molecule has 260 valence electrons.